The normalized spacial score (nSPS) is 9.87. The molecule has 3 N–H and O–H groups in total. The van der Waals surface area contributed by atoms with Gasteiger partial charge < -0.3 is 10.7 Å². The van der Waals surface area contributed by atoms with Crippen LogP contribution in [0, 0.1) is 3.57 Å². The Labute approximate surface area is 104 Å². The Morgan fingerprint density at radius 1 is 1.33 bits per heavy atom. The summed E-state index contributed by atoms with van der Waals surface area (Å²) in [5.41, 5.74) is 8.04. The number of nitrogens with one attached hydrogen (secondary N) is 1. The van der Waals surface area contributed by atoms with E-state index in [4.69, 9.17) is 5.73 Å². The molecule has 0 saturated heterocycles. The fourth-order valence-electron chi connectivity index (χ4n) is 1.52. The van der Waals surface area contributed by atoms with Gasteiger partial charge in [0.25, 0.3) is 0 Å². The molecule has 0 aliphatic rings. The van der Waals surface area contributed by atoms with Gasteiger partial charge in [-0.3, -0.25) is 0 Å². The fraction of sp³-hybridized carbons (Fsp3) is 0.333. The van der Waals surface area contributed by atoms with E-state index < -0.39 is 0 Å². The van der Waals surface area contributed by atoms with E-state index in [1.54, 1.807) is 0 Å². The number of H-pyrrole nitrogens is 1. The highest BCUT2D eigenvalue weighted by Gasteiger charge is 2.02. The average molecular weight is 316 g/mol. The lowest BCUT2D eigenvalue weighted by atomic mass is 10.1. The van der Waals surface area contributed by atoms with Crippen LogP contribution < -0.4 is 5.73 Å². The van der Waals surface area contributed by atoms with Gasteiger partial charge in [0.05, 0.1) is 0 Å². The van der Waals surface area contributed by atoms with Crippen LogP contribution in [0.1, 0.15) is 19.4 Å². The smallest absolute Gasteiger partial charge is 0.0467 e. The van der Waals surface area contributed by atoms with E-state index in [9.17, 15) is 0 Å². The third kappa shape index (κ3) is 2.95. The van der Waals surface area contributed by atoms with Crippen LogP contribution in [0.5, 0.6) is 0 Å². The monoisotopic (exact) mass is 316 g/mol. The first-order valence-electron chi connectivity index (χ1n) is 5.27. The third-order valence-corrected chi connectivity index (χ3v) is 2.81. The van der Waals surface area contributed by atoms with Gasteiger partial charge >= 0.3 is 0 Å². The number of aromatic nitrogens is 1. The second-order valence-corrected chi connectivity index (χ2v) is 4.29. The van der Waals surface area contributed by atoms with Crippen molar-refractivity contribution in [1.82, 2.24) is 4.98 Å². The summed E-state index contributed by atoms with van der Waals surface area (Å²) in [4.78, 5) is 3.25. The average Bonchev–Trinajstić information content (AvgIpc) is 2.64. The van der Waals surface area contributed by atoms with E-state index in [0.29, 0.717) is 6.54 Å². The van der Waals surface area contributed by atoms with Crippen molar-refractivity contribution < 1.29 is 0 Å². The van der Waals surface area contributed by atoms with Crippen LogP contribution >= 0.6 is 22.6 Å². The largest absolute Gasteiger partial charge is 0.361 e. The Morgan fingerprint density at radius 2 is 2.07 bits per heavy atom. The van der Waals surface area contributed by atoms with Gasteiger partial charge in [0.1, 0.15) is 0 Å². The minimum atomic E-state index is 0.707. The first-order chi connectivity index (χ1) is 7.31. The Morgan fingerprint density at radius 3 is 2.73 bits per heavy atom. The lowest BCUT2D eigenvalue weighted by Crippen LogP contribution is -2.01. The molecule has 0 radical (unpaired) electrons. The summed E-state index contributed by atoms with van der Waals surface area (Å²) in [6.07, 6.45) is 2.99. The number of rotatable bonds is 2. The molecule has 0 atom stereocenters. The molecule has 1 aromatic heterocycles. The van der Waals surface area contributed by atoms with Crippen LogP contribution in [0.2, 0.25) is 0 Å². The van der Waals surface area contributed by atoms with Gasteiger partial charge in [-0.05, 0) is 53.3 Å². The van der Waals surface area contributed by atoms with Crippen molar-refractivity contribution in [3.8, 4) is 0 Å². The molecule has 3 heteroatoms. The van der Waals surface area contributed by atoms with Crippen molar-refractivity contribution in [3.63, 3.8) is 0 Å². The zero-order chi connectivity index (χ0) is 11.3. The summed E-state index contributed by atoms with van der Waals surface area (Å²) in [6.45, 7) is 4.71. The third-order valence-electron chi connectivity index (χ3n) is 2.14. The van der Waals surface area contributed by atoms with E-state index in [1.165, 1.54) is 20.0 Å². The zero-order valence-corrected chi connectivity index (χ0v) is 11.3. The molecule has 0 saturated carbocycles. The molecule has 0 bridgehead atoms. The van der Waals surface area contributed by atoms with E-state index in [1.807, 2.05) is 20.0 Å². The van der Waals surface area contributed by atoms with Gasteiger partial charge in [0.2, 0.25) is 0 Å². The van der Waals surface area contributed by atoms with Gasteiger partial charge in [-0.25, -0.2) is 0 Å². The van der Waals surface area contributed by atoms with Gasteiger partial charge in [0, 0.05) is 20.7 Å². The van der Waals surface area contributed by atoms with Crippen LogP contribution in [-0.4, -0.2) is 11.5 Å². The second kappa shape index (κ2) is 6.12. The first-order valence-corrected chi connectivity index (χ1v) is 6.34. The fourth-order valence-corrected chi connectivity index (χ4v) is 2.01. The molecule has 0 unspecified atom stereocenters. The van der Waals surface area contributed by atoms with Crippen molar-refractivity contribution in [2.75, 3.05) is 6.54 Å². The Bertz CT molecular complexity index is 420. The molecular formula is C12H17IN2. The molecule has 15 heavy (non-hydrogen) atoms. The standard InChI is InChI=1S/C10H11IN2.C2H6/c11-8-1-2-9-7(3-4-12)6-13-10(9)5-8;1-2/h1-2,5-6,13H,3-4,12H2;1-2H3. The van der Waals surface area contributed by atoms with Crippen molar-refractivity contribution in [1.29, 1.82) is 0 Å². The topological polar surface area (TPSA) is 41.8 Å². The maximum absolute atomic E-state index is 5.53. The highest BCUT2D eigenvalue weighted by Crippen LogP contribution is 2.20. The lowest BCUT2D eigenvalue weighted by molar-refractivity contribution is 0.976. The van der Waals surface area contributed by atoms with Crippen molar-refractivity contribution in [2.45, 2.75) is 20.3 Å². The second-order valence-electron chi connectivity index (χ2n) is 3.04. The van der Waals surface area contributed by atoms with E-state index in [0.717, 1.165) is 6.42 Å². The van der Waals surface area contributed by atoms with E-state index >= 15 is 0 Å². The molecule has 2 rings (SSSR count). The summed E-state index contributed by atoms with van der Waals surface area (Å²) in [5.74, 6) is 0. The predicted molar refractivity (Wildman–Crippen MR) is 75.1 cm³/mol. The molecule has 2 aromatic rings. The first kappa shape index (κ1) is 12.5. The summed E-state index contributed by atoms with van der Waals surface area (Å²) in [5, 5.41) is 1.30. The van der Waals surface area contributed by atoms with Gasteiger partial charge in [0.15, 0.2) is 0 Å². The van der Waals surface area contributed by atoms with Crippen LogP contribution in [-0.2, 0) is 6.42 Å². The SMILES string of the molecule is CC.NCCc1c[nH]c2cc(I)ccc12. The quantitative estimate of drug-likeness (QED) is 0.820. The molecule has 1 heterocycles. The molecule has 0 spiro atoms. The number of fused-ring (bicyclic) bond motifs is 1. The number of nitrogens with two attached hydrogens (primary N) is 1. The van der Waals surface area contributed by atoms with Gasteiger partial charge in [-0.2, -0.15) is 0 Å². The molecule has 0 aliphatic heterocycles. The molecule has 1 aromatic carbocycles. The zero-order valence-electron chi connectivity index (χ0n) is 9.18. The van der Waals surface area contributed by atoms with E-state index in [-0.39, 0.29) is 0 Å². The van der Waals surface area contributed by atoms with Crippen LogP contribution in [0.4, 0.5) is 0 Å². The van der Waals surface area contributed by atoms with E-state index in [2.05, 4.69) is 45.8 Å². The predicted octanol–water partition coefficient (Wildman–Crippen LogP) is 3.30. The molecule has 0 amide bonds. The molecule has 0 fully saturated rings. The number of hydrogen-bond acceptors (Lipinski definition) is 1. The Balaban J connectivity index is 0.000000531. The summed E-state index contributed by atoms with van der Waals surface area (Å²) >= 11 is 2.31. The van der Waals surface area contributed by atoms with Crippen molar-refractivity contribution in [2.24, 2.45) is 5.73 Å². The van der Waals surface area contributed by atoms with Gasteiger partial charge in [-0.15, -0.1) is 0 Å². The Hall–Kier alpha value is -0.550. The maximum Gasteiger partial charge on any atom is 0.0467 e. The number of halogens is 1. The van der Waals surface area contributed by atoms with Crippen LogP contribution in [0.25, 0.3) is 10.9 Å². The summed E-state index contributed by atoms with van der Waals surface area (Å²) in [6, 6.07) is 6.42. The minimum absolute atomic E-state index is 0.707. The summed E-state index contributed by atoms with van der Waals surface area (Å²) < 4.78 is 1.26. The number of benzene rings is 1. The summed E-state index contributed by atoms with van der Waals surface area (Å²) in [7, 11) is 0. The highest BCUT2D eigenvalue weighted by atomic mass is 127. The molecular weight excluding hydrogens is 299 g/mol. The van der Waals surface area contributed by atoms with Crippen LogP contribution in [0.3, 0.4) is 0 Å². The minimum Gasteiger partial charge on any atom is -0.361 e. The molecule has 82 valence electrons. The Kier molecular flexibility index (Phi) is 5.11. The van der Waals surface area contributed by atoms with Crippen molar-refractivity contribution >= 4 is 33.5 Å². The molecule has 0 aliphatic carbocycles. The van der Waals surface area contributed by atoms with Gasteiger partial charge in [-0.1, -0.05) is 19.9 Å². The van der Waals surface area contributed by atoms with Crippen LogP contribution in [0.15, 0.2) is 24.4 Å². The van der Waals surface area contributed by atoms with Crippen molar-refractivity contribution in [3.05, 3.63) is 33.5 Å². The number of aromatic amines is 1. The highest BCUT2D eigenvalue weighted by molar-refractivity contribution is 14.1. The molecule has 2 nitrogen and oxygen atoms in total. The number of hydrogen-bond donors (Lipinski definition) is 2. The maximum atomic E-state index is 5.53. The lowest BCUT2D eigenvalue weighted by Gasteiger charge is -1.95.